The minimum Gasteiger partial charge on any atom is -0.463 e. The van der Waals surface area contributed by atoms with Crippen molar-refractivity contribution >= 4 is 29.5 Å². The number of aromatic nitrogens is 1. The third-order valence-electron chi connectivity index (χ3n) is 5.14. The lowest BCUT2D eigenvalue weighted by Crippen LogP contribution is -2.38. The molecule has 3 rings (SSSR count). The van der Waals surface area contributed by atoms with E-state index in [-0.39, 0.29) is 11.8 Å². The highest BCUT2D eigenvalue weighted by molar-refractivity contribution is 5.93. The Morgan fingerprint density at radius 3 is 2.41 bits per heavy atom. The lowest BCUT2D eigenvalue weighted by atomic mass is 9.95. The summed E-state index contributed by atoms with van der Waals surface area (Å²) in [4.78, 5) is 29.8. The maximum atomic E-state index is 12.7. The van der Waals surface area contributed by atoms with Gasteiger partial charge >= 0.3 is 12.1 Å². The number of benzene rings is 1. The predicted molar refractivity (Wildman–Crippen MR) is 115 cm³/mol. The second-order valence-corrected chi connectivity index (χ2v) is 7.36. The van der Waals surface area contributed by atoms with Crippen LogP contribution < -0.4 is 10.2 Å². The first-order valence-electron chi connectivity index (χ1n) is 10.3. The Morgan fingerprint density at radius 1 is 1.16 bits per heavy atom. The van der Waals surface area contributed by atoms with Gasteiger partial charge in [-0.05, 0) is 55.7 Å². The zero-order chi connectivity index (χ0) is 23.1. The number of nitrogens with one attached hydrogen (secondary N) is 1. The van der Waals surface area contributed by atoms with Crippen molar-refractivity contribution in [2.75, 3.05) is 29.9 Å². The summed E-state index contributed by atoms with van der Waals surface area (Å²) >= 11 is 0. The molecule has 1 saturated heterocycles. The van der Waals surface area contributed by atoms with Crippen LogP contribution in [0.5, 0.6) is 0 Å². The molecule has 32 heavy (non-hydrogen) atoms. The molecule has 0 unspecified atom stereocenters. The number of hydrogen-bond donors (Lipinski definition) is 1. The number of amides is 1. The number of hydrogen-bond acceptors (Lipinski definition) is 5. The molecule has 0 radical (unpaired) electrons. The summed E-state index contributed by atoms with van der Waals surface area (Å²) < 4.78 is 42.9. The standard InChI is InChI=1S/C23H24F3N3O3/c1-2-32-21(30)10-5-16-3-7-19(8-4-16)28-22(31)17-11-13-29(14-12-17)20-9-6-18(15-27-20)23(24,25)26/h3-10,15,17H,2,11-14H2,1H3,(H,28,31). The largest absolute Gasteiger partial charge is 0.463 e. The Kier molecular flexibility index (Phi) is 7.50. The maximum absolute atomic E-state index is 12.7. The molecular weight excluding hydrogens is 423 g/mol. The second kappa shape index (κ2) is 10.3. The quantitative estimate of drug-likeness (QED) is 0.520. The highest BCUT2D eigenvalue weighted by Gasteiger charge is 2.31. The van der Waals surface area contributed by atoms with E-state index in [0.717, 1.165) is 17.8 Å². The molecule has 6 nitrogen and oxygen atoms in total. The maximum Gasteiger partial charge on any atom is 0.417 e. The number of carbonyl (C=O) groups excluding carboxylic acids is 2. The van der Waals surface area contributed by atoms with Gasteiger partial charge in [-0.1, -0.05) is 12.1 Å². The molecule has 0 bridgehead atoms. The summed E-state index contributed by atoms with van der Waals surface area (Å²) in [5, 5.41) is 2.89. The number of anilines is 2. The Labute approximate surface area is 184 Å². The van der Waals surface area contributed by atoms with Gasteiger partial charge in [0.15, 0.2) is 0 Å². The van der Waals surface area contributed by atoms with Crippen LogP contribution in [0.15, 0.2) is 48.7 Å². The summed E-state index contributed by atoms with van der Waals surface area (Å²) in [5.41, 5.74) is 0.668. The zero-order valence-corrected chi connectivity index (χ0v) is 17.6. The van der Waals surface area contributed by atoms with Crippen molar-refractivity contribution in [1.29, 1.82) is 0 Å². The van der Waals surface area contributed by atoms with Gasteiger partial charge in [-0.3, -0.25) is 4.79 Å². The van der Waals surface area contributed by atoms with E-state index in [2.05, 4.69) is 10.3 Å². The molecule has 1 N–H and O–H groups in total. The highest BCUT2D eigenvalue weighted by atomic mass is 19.4. The van der Waals surface area contributed by atoms with Crippen molar-refractivity contribution < 1.29 is 27.5 Å². The van der Waals surface area contributed by atoms with Crippen LogP contribution in [0.2, 0.25) is 0 Å². The molecule has 1 aromatic heterocycles. The van der Waals surface area contributed by atoms with E-state index in [0.29, 0.717) is 44.0 Å². The van der Waals surface area contributed by atoms with Crippen LogP contribution in [-0.4, -0.2) is 36.6 Å². The van der Waals surface area contributed by atoms with Crippen LogP contribution in [0.3, 0.4) is 0 Å². The molecule has 0 spiro atoms. The number of piperidine rings is 1. The molecular formula is C23H24F3N3O3. The minimum atomic E-state index is -4.41. The fraction of sp³-hybridized carbons (Fsp3) is 0.348. The molecule has 0 aliphatic carbocycles. The molecule has 1 aromatic carbocycles. The summed E-state index contributed by atoms with van der Waals surface area (Å²) in [6.45, 7) is 3.12. The van der Waals surface area contributed by atoms with Gasteiger partial charge in [0.25, 0.3) is 0 Å². The lowest BCUT2D eigenvalue weighted by molar-refractivity contribution is -0.138. The van der Waals surface area contributed by atoms with Gasteiger partial charge in [-0.15, -0.1) is 0 Å². The molecule has 2 aromatic rings. The van der Waals surface area contributed by atoms with Gasteiger partial charge < -0.3 is 15.0 Å². The fourth-order valence-corrected chi connectivity index (χ4v) is 3.39. The monoisotopic (exact) mass is 447 g/mol. The molecule has 170 valence electrons. The number of carbonyl (C=O) groups is 2. The molecule has 1 amide bonds. The summed E-state index contributed by atoms with van der Waals surface area (Å²) in [6, 6.07) is 9.45. The number of rotatable bonds is 6. The van der Waals surface area contributed by atoms with E-state index in [4.69, 9.17) is 4.74 Å². The third kappa shape index (κ3) is 6.32. The molecule has 1 fully saturated rings. The van der Waals surface area contributed by atoms with Crippen molar-refractivity contribution in [3.8, 4) is 0 Å². The minimum absolute atomic E-state index is 0.0974. The van der Waals surface area contributed by atoms with Crippen molar-refractivity contribution in [1.82, 2.24) is 4.98 Å². The van der Waals surface area contributed by atoms with Gasteiger partial charge in [0, 0.05) is 37.0 Å². The molecule has 1 aliphatic rings. The van der Waals surface area contributed by atoms with Crippen LogP contribution >= 0.6 is 0 Å². The smallest absolute Gasteiger partial charge is 0.417 e. The van der Waals surface area contributed by atoms with Crippen LogP contribution in [0, 0.1) is 5.92 Å². The average molecular weight is 447 g/mol. The van der Waals surface area contributed by atoms with Crippen molar-refractivity contribution in [2.24, 2.45) is 5.92 Å². The van der Waals surface area contributed by atoms with Crippen molar-refractivity contribution in [3.05, 3.63) is 59.8 Å². The van der Waals surface area contributed by atoms with E-state index in [1.807, 2.05) is 4.90 Å². The van der Waals surface area contributed by atoms with Crippen molar-refractivity contribution in [3.63, 3.8) is 0 Å². The molecule has 0 atom stereocenters. The van der Waals surface area contributed by atoms with Gasteiger partial charge in [-0.2, -0.15) is 13.2 Å². The first kappa shape index (κ1) is 23.3. The van der Waals surface area contributed by atoms with E-state index in [1.54, 1.807) is 37.3 Å². The Bertz CT molecular complexity index is 949. The van der Waals surface area contributed by atoms with Gasteiger partial charge in [-0.25, -0.2) is 9.78 Å². The number of alkyl halides is 3. The zero-order valence-electron chi connectivity index (χ0n) is 17.6. The summed E-state index contributed by atoms with van der Waals surface area (Å²) in [7, 11) is 0. The molecule has 9 heteroatoms. The van der Waals surface area contributed by atoms with Gasteiger partial charge in [0.1, 0.15) is 5.82 Å². The van der Waals surface area contributed by atoms with E-state index >= 15 is 0 Å². The first-order chi connectivity index (χ1) is 15.3. The average Bonchev–Trinajstić information content (AvgIpc) is 2.78. The Morgan fingerprint density at radius 2 is 1.84 bits per heavy atom. The highest BCUT2D eigenvalue weighted by Crippen LogP contribution is 2.30. The number of nitrogens with zero attached hydrogens (tertiary/aromatic N) is 2. The number of halogens is 3. The van der Waals surface area contributed by atoms with Crippen LogP contribution in [-0.2, 0) is 20.5 Å². The summed E-state index contributed by atoms with van der Waals surface area (Å²) in [5.74, 6) is -0.227. The normalized spacial score (nSPS) is 15.1. The van der Waals surface area contributed by atoms with Crippen LogP contribution in [0.25, 0.3) is 6.08 Å². The fourth-order valence-electron chi connectivity index (χ4n) is 3.39. The van der Waals surface area contributed by atoms with Crippen LogP contribution in [0.1, 0.15) is 30.9 Å². The molecule has 2 heterocycles. The lowest BCUT2D eigenvalue weighted by Gasteiger charge is -2.32. The number of esters is 1. The third-order valence-corrected chi connectivity index (χ3v) is 5.14. The van der Waals surface area contributed by atoms with Gasteiger partial charge in [0.05, 0.1) is 12.2 Å². The van der Waals surface area contributed by atoms with E-state index < -0.39 is 17.7 Å². The van der Waals surface area contributed by atoms with Crippen molar-refractivity contribution in [2.45, 2.75) is 25.9 Å². The number of pyridine rings is 1. The SMILES string of the molecule is CCOC(=O)C=Cc1ccc(NC(=O)C2CCN(c3ccc(C(F)(F)F)cn3)CC2)cc1. The molecule has 0 saturated carbocycles. The van der Waals surface area contributed by atoms with E-state index in [9.17, 15) is 22.8 Å². The topological polar surface area (TPSA) is 71.5 Å². The van der Waals surface area contributed by atoms with Crippen LogP contribution in [0.4, 0.5) is 24.7 Å². The molecule has 1 aliphatic heterocycles. The predicted octanol–water partition coefficient (Wildman–Crippen LogP) is 4.53. The second-order valence-electron chi connectivity index (χ2n) is 7.36. The summed E-state index contributed by atoms with van der Waals surface area (Å²) in [6.07, 6.45) is 0.556. The first-order valence-corrected chi connectivity index (χ1v) is 10.3. The van der Waals surface area contributed by atoms with E-state index in [1.165, 1.54) is 12.1 Å². The van der Waals surface area contributed by atoms with Gasteiger partial charge in [0.2, 0.25) is 5.91 Å². The Hall–Kier alpha value is -3.36. The Balaban J connectivity index is 1.49. The number of ether oxygens (including phenoxy) is 1.